The molecule has 1 aromatic carbocycles. The lowest BCUT2D eigenvalue weighted by atomic mass is 10.0. The van der Waals surface area contributed by atoms with E-state index in [-0.39, 0.29) is 12.1 Å². The van der Waals surface area contributed by atoms with E-state index in [1.165, 1.54) is 0 Å². The Balaban J connectivity index is 2.22. The van der Waals surface area contributed by atoms with Gasteiger partial charge in [-0.05, 0) is 19.4 Å². The molecule has 0 aliphatic rings. The van der Waals surface area contributed by atoms with Gasteiger partial charge in [-0.3, -0.25) is 4.68 Å². The van der Waals surface area contributed by atoms with Crippen LogP contribution in [-0.2, 0) is 6.42 Å². The Morgan fingerprint density at radius 1 is 1.28 bits per heavy atom. The molecule has 1 unspecified atom stereocenters. The van der Waals surface area contributed by atoms with Crippen molar-refractivity contribution in [3.05, 3.63) is 52.8 Å². The van der Waals surface area contributed by atoms with E-state index >= 15 is 0 Å². The second-order valence-corrected chi connectivity index (χ2v) is 5.11. The van der Waals surface area contributed by atoms with E-state index in [1.54, 1.807) is 6.20 Å². The quantitative estimate of drug-likeness (QED) is 0.919. The number of nitrogens with zero attached hydrogens (tertiary/aromatic N) is 2. The molecule has 1 aromatic heterocycles. The molecule has 4 heteroatoms. The van der Waals surface area contributed by atoms with Gasteiger partial charge in [0.05, 0.1) is 16.9 Å². The first kappa shape index (κ1) is 13.1. The van der Waals surface area contributed by atoms with Crippen molar-refractivity contribution in [1.82, 2.24) is 9.78 Å². The lowest BCUT2D eigenvalue weighted by Crippen LogP contribution is -2.17. The topological polar surface area (TPSA) is 43.8 Å². The van der Waals surface area contributed by atoms with Crippen molar-refractivity contribution in [2.75, 3.05) is 0 Å². The molecule has 3 nitrogen and oxygen atoms in total. The van der Waals surface area contributed by atoms with Crippen LogP contribution in [0.4, 0.5) is 0 Å². The van der Waals surface area contributed by atoms with Crippen molar-refractivity contribution in [3.8, 4) is 0 Å². The SMILES string of the molecule is CC(C)n1ncc(Cl)c1CC(N)c1ccccc1. The minimum Gasteiger partial charge on any atom is -0.324 e. The molecule has 0 bridgehead atoms. The fourth-order valence-corrected chi connectivity index (χ4v) is 2.24. The molecule has 0 amide bonds. The van der Waals surface area contributed by atoms with Gasteiger partial charge in [-0.2, -0.15) is 5.10 Å². The van der Waals surface area contributed by atoms with E-state index < -0.39 is 0 Å². The third-order valence-electron chi connectivity index (χ3n) is 2.98. The number of halogens is 1. The molecule has 1 atom stereocenters. The summed E-state index contributed by atoms with van der Waals surface area (Å²) in [5.41, 5.74) is 8.34. The molecule has 96 valence electrons. The van der Waals surface area contributed by atoms with Gasteiger partial charge in [-0.1, -0.05) is 41.9 Å². The van der Waals surface area contributed by atoms with Crippen molar-refractivity contribution in [3.63, 3.8) is 0 Å². The fraction of sp³-hybridized carbons (Fsp3) is 0.357. The van der Waals surface area contributed by atoms with Crippen LogP contribution in [0.5, 0.6) is 0 Å². The first-order chi connectivity index (χ1) is 8.59. The highest BCUT2D eigenvalue weighted by Crippen LogP contribution is 2.24. The molecule has 0 radical (unpaired) electrons. The van der Waals surface area contributed by atoms with Crippen LogP contribution in [0.1, 0.15) is 37.2 Å². The van der Waals surface area contributed by atoms with Crippen molar-refractivity contribution in [2.24, 2.45) is 5.73 Å². The van der Waals surface area contributed by atoms with E-state index in [0.717, 1.165) is 11.3 Å². The molecule has 0 aliphatic carbocycles. The third kappa shape index (κ3) is 2.74. The highest BCUT2D eigenvalue weighted by Gasteiger charge is 2.15. The zero-order valence-electron chi connectivity index (χ0n) is 10.7. The number of benzene rings is 1. The highest BCUT2D eigenvalue weighted by molar-refractivity contribution is 6.31. The molecule has 0 fully saturated rings. The predicted molar refractivity (Wildman–Crippen MR) is 74.7 cm³/mol. The van der Waals surface area contributed by atoms with Gasteiger partial charge in [-0.15, -0.1) is 0 Å². The van der Waals surface area contributed by atoms with Crippen LogP contribution in [0.25, 0.3) is 0 Å². The smallest absolute Gasteiger partial charge is 0.0818 e. The molecule has 18 heavy (non-hydrogen) atoms. The van der Waals surface area contributed by atoms with Gasteiger partial charge in [0.25, 0.3) is 0 Å². The number of rotatable bonds is 4. The molecular weight excluding hydrogens is 246 g/mol. The Labute approximate surface area is 113 Å². The molecule has 0 spiro atoms. The summed E-state index contributed by atoms with van der Waals surface area (Å²) >= 11 is 6.18. The number of hydrogen-bond acceptors (Lipinski definition) is 2. The molecule has 2 N–H and O–H groups in total. The van der Waals surface area contributed by atoms with Crippen LogP contribution in [0.15, 0.2) is 36.5 Å². The summed E-state index contributed by atoms with van der Waals surface area (Å²) in [7, 11) is 0. The van der Waals surface area contributed by atoms with Crippen LogP contribution in [0.2, 0.25) is 5.02 Å². The Morgan fingerprint density at radius 3 is 2.56 bits per heavy atom. The highest BCUT2D eigenvalue weighted by atomic mass is 35.5. The van der Waals surface area contributed by atoms with Gasteiger partial charge in [0.15, 0.2) is 0 Å². The van der Waals surface area contributed by atoms with E-state index in [4.69, 9.17) is 17.3 Å². The van der Waals surface area contributed by atoms with Crippen LogP contribution in [-0.4, -0.2) is 9.78 Å². The zero-order valence-corrected chi connectivity index (χ0v) is 11.4. The molecule has 0 saturated carbocycles. The van der Waals surface area contributed by atoms with Gasteiger partial charge in [-0.25, -0.2) is 0 Å². The summed E-state index contributed by atoms with van der Waals surface area (Å²) in [4.78, 5) is 0. The monoisotopic (exact) mass is 263 g/mol. The van der Waals surface area contributed by atoms with Gasteiger partial charge in [0.1, 0.15) is 0 Å². The zero-order chi connectivity index (χ0) is 13.1. The second kappa shape index (κ2) is 5.55. The Morgan fingerprint density at radius 2 is 1.94 bits per heavy atom. The number of aromatic nitrogens is 2. The standard InChI is InChI=1S/C14H18ClN3/c1-10(2)18-14(12(15)9-17-18)8-13(16)11-6-4-3-5-7-11/h3-7,9-10,13H,8,16H2,1-2H3. The fourth-order valence-electron chi connectivity index (χ4n) is 2.03. The number of nitrogens with two attached hydrogens (primary N) is 1. The summed E-state index contributed by atoms with van der Waals surface area (Å²) < 4.78 is 1.94. The van der Waals surface area contributed by atoms with Crippen LogP contribution in [0, 0.1) is 0 Å². The van der Waals surface area contributed by atoms with Gasteiger partial charge in [0, 0.05) is 18.5 Å². The maximum atomic E-state index is 6.22. The van der Waals surface area contributed by atoms with Gasteiger partial charge < -0.3 is 5.73 Å². The Kier molecular flexibility index (Phi) is 4.04. The molecule has 2 aromatic rings. The predicted octanol–water partition coefficient (Wildman–Crippen LogP) is 3.36. The minimum absolute atomic E-state index is 0.0575. The lowest BCUT2D eigenvalue weighted by Gasteiger charge is -2.16. The van der Waals surface area contributed by atoms with E-state index in [9.17, 15) is 0 Å². The summed E-state index contributed by atoms with van der Waals surface area (Å²) in [5, 5.41) is 4.98. The second-order valence-electron chi connectivity index (χ2n) is 4.70. The molecule has 0 aliphatic heterocycles. The maximum Gasteiger partial charge on any atom is 0.0818 e. The van der Waals surface area contributed by atoms with Crippen LogP contribution in [0.3, 0.4) is 0 Å². The average Bonchev–Trinajstić information content (AvgIpc) is 2.72. The summed E-state index contributed by atoms with van der Waals surface area (Å²) in [6, 6.07) is 10.3. The van der Waals surface area contributed by atoms with Gasteiger partial charge in [0.2, 0.25) is 0 Å². The Bertz CT molecular complexity index is 505. The van der Waals surface area contributed by atoms with Crippen molar-refractivity contribution in [2.45, 2.75) is 32.4 Å². The summed E-state index contributed by atoms with van der Waals surface area (Å²) in [6.45, 7) is 4.17. The van der Waals surface area contributed by atoms with Crippen molar-refractivity contribution < 1.29 is 0 Å². The molecule has 2 rings (SSSR count). The maximum absolute atomic E-state index is 6.22. The lowest BCUT2D eigenvalue weighted by molar-refractivity contribution is 0.498. The van der Waals surface area contributed by atoms with Crippen molar-refractivity contribution >= 4 is 11.6 Å². The van der Waals surface area contributed by atoms with Crippen molar-refractivity contribution in [1.29, 1.82) is 0 Å². The molecule has 1 heterocycles. The first-order valence-electron chi connectivity index (χ1n) is 6.12. The minimum atomic E-state index is -0.0575. The van der Waals surface area contributed by atoms with E-state index in [1.807, 2.05) is 35.0 Å². The summed E-state index contributed by atoms with van der Waals surface area (Å²) in [5.74, 6) is 0. The number of hydrogen-bond donors (Lipinski definition) is 1. The third-order valence-corrected chi connectivity index (χ3v) is 3.29. The average molecular weight is 264 g/mol. The van der Waals surface area contributed by atoms with Gasteiger partial charge >= 0.3 is 0 Å². The molecular formula is C14H18ClN3. The first-order valence-corrected chi connectivity index (χ1v) is 6.49. The van der Waals surface area contributed by atoms with Crippen LogP contribution < -0.4 is 5.73 Å². The molecule has 0 saturated heterocycles. The largest absolute Gasteiger partial charge is 0.324 e. The normalized spacial score (nSPS) is 12.9. The Hall–Kier alpha value is -1.32. The van der Waals surface area contributed by atoms with E-state index in [0.29, 0.717) is 11.4 Å². The summed E-state index contributed by atoms with van der Waals surface area (Å²) in [6.07, 6.45) is 2.38. The van der Waals surface area contributed by atoms with E-state index in [2.05, 4.69) is 18.9 Å². The van der Waals surface area contributed by atoms with Crippen LogP contribution >= 0.6 is 11.6 Å².